The van der Waals surface area contributed by atoms with Gasteiger partial charge in [-0.05, 0) is 37.3 Å². The van der Waals surface area contributed by atoms with Crippen molar-refractivity contribution in [3.63, 3.8) is 0 Å². The average Bonchev–Trinajstić information content (AvgIpc) is 3.16. The van der Waals surface area contributed by atoms with E-state index in [9.17, 15) is 22.8 Å². The van der Waals surface area contributed by atoms with E-state index in [0.29, 0.717) is 12.2 Å². The SMILES string of the molecule is Cc1cn(-c2ccc3n(c2=O)CCN(CCOc2ccc(Cl)c(C(F)(F)F)c2)C3=O)cn1. The molecule has 168 valence electrons. The van der Waals surface area contributed by atoms with Crippen LogP contribution in [0.25, 0.3) is 5.69 Å². The summed E-state index contributed by atoms with van der Waals surface area (Å²) in [5.74, 6) is -0.347. The molecular weight excluding hydrogens is 449 g/mol. The summed E-state index contributed by atoms with van der Waals surface area (Å²) in [7, 11) is 0. The Bertz CT molecular complexity index is 1240. The highest BCUT2D eigenvalue weighted by atomic mass is 35.5. The maximum absolute atomic E-state index is 13.0. The van der Waals surface area contributed by atoms with Gasteiger partial charge in [0.2, 0.25) is 0 Å². The number of amides is 1. The first-order valence-corrected chi connectivity index (χ1v) is 10.1. The van der Waals surface area contributed by atoms with Gasteiger partial charge in [0, 0.05) is 19.3 Å². The maximum atomic E-state index is 13.0. The molecule has 7 nitrogen and oxygen atoms in total. The van der Waals surface area contributed by atoms with Crippen LogP contribution in [0.3, 0.4) is 0 Å². The predicted molar refractivity (Wildman–Crippen MR) is 110 cm³/mol. The van der Waals surface area contributed by atoms with Crippen LogP contribution in [0, 0.1) is 6.92 Å². The monoisotopic (exact) mass is 466 g/mol. The van der Waals surface area contributed by atoms with E-state index >= 15 is 0 Å². The third kappa shape index (κ3) is 4.22. The fourth-order valence-corrected chi connectivity index (χ4v) is 3.73. The van der Waals surface area contributed by atoms with Crippen LogP contribution in [0.2, 0.25) is 5.02 Å². The van der Waals surface area contributed by atoms with Crippen molar-refractivity contribution in [3.8, 4) is 11.4 Å². The molecule has 0 spiro atoms. The summed E-state index contributed by atoms with van der Waals surface area (Å²) < 4.78 is 47.4. The molecule has 0 saturated carbocycles. The molecule has 11 heteroatoms. The maximum Gasteiger partial charge on any atom is 0.417 e. The fraction of sp³-hybridized carbons (Fsp3) is 0.286. The van der Waals surface area contributed by atoms with Gasteiger partial charge in [0.1, 0.15) is 23.7 Å². The van der Waals surface area contributed by atoms with Crippen LogP contribution < -0.4 is 10.3 Å². The van der Waals surface area contributed by atoms with Gasteiger partial charge in [-0.3, -0.25) is 9.59 Å². The van der Waals surface area contributed by atoms with E-state index < -0.39 is 16.8 Å². The number of nitrogens with zero attached hydrogens (tertiary/aromatic N) is 4. The number of fused-ring (bicyclic) bond motifs is 1. The Kier molecular flexibility index (Phi) is 5.72. The molecule has 1 aliphatic rings. The Labute approximate surface area is 185 Å². The standard InChI is InChI=1S/C21H18ClF3N4O3/c1-13-11-28(12-26-13)17-4-5-18-19(30)27(6-7-29(18)20(17)31)8-9-32-14-2-3-16(22)15(10-14)21(23,24)25/h2-5,10-12H,6-9H2,1H3. The molecule has 1 aromatic carbocycles. The smallest absolute Gasteiger partial charge is 0.417 e. The van der Waals surface area contributed by atoms with Crippen LogP contribution in [0.1, 0.15) is 21.7 Å². The number of rotatable bonds is 5. The first-order valence-electron chi connectivity index (χ1n) is 9.69. The lowest BCUT2D eigenvalue weighted by Gasteiger charge is -2.29. The molecule has 0 bridgehead atoms. The lowest BCUT2D eigenvalue weighted by Crippen LogP contribution is -2.46. The fourth-order valence-electron chi connectivity index (χ4n) is 3.51. The number of imidazole rings is 1. The number of pyridine rings is 1. The Morgan fingerprint density at radius 3 is 2.62 bits per heavy atom. The van der Waals surface area contributed by atoms with Gasteiger partial charge in [-0.25, -0.2) is 4.98 Å². The zero-order valence-corrected chi connectivity index (χ0v) is 17.7. The number of carbonyl (C=O) groups is 1. The quantitative estimate of drug-likeness (QED) is 0.576. The third-order valence-electron chi connectivity index (χ3n) is 5.12. The minimum atomic E-state index is -4.59. The molecule has 32 heavy (non-hydrogen) atoms. The summed E-state index contributed by atoms with van der Waals surface area (Å²) in [5, 5.41) is -0.414. The van der Waals surface area contributed by atoms with Crippen molar-refractivity contribution in [1.82, 2.24) is 19.0 Å². The second-order valence-corrected chi connectivity index (χ2v) is 7.67. The van der Waals surface area contributed by atoms with Gasteiger partial charge < -0.3 is 18.8 Å². The molecule has 2 aromatic heterocycles. The Hall–Kier alpha value is -3.27. The summed E-state index contributed by atoms with van der Waals surface area (Å²) >= 11 is 5.61. The summed E-state index contributed by atoms with van der Waals surface area (Å²) in [6, 6.07) is 6.43. The van der Waals surface area contributed by atoms with Crippen LogP contribution in [0.5, 0.6) is 5.75 Å². The zero-order chi connectivity index (χ0) is 23.0. The average molecular weight is 467 g/mol. The van der Waals surface area contributed by atoms with Crippen molar-refractivity contribution < 1.29 is 22.7 Å². The van der Waals surface area contributed by atoms with Crippen LogP contribution in [-0.4, -0.2) is 44.6 Å². The normalized spacial score (nSPS) is 13.9. The molecule has 0 aliphatic carbocycles. The predicted octanol–water partition coefficient (Wildman–Crippen LogP) is 3.55. The van der Waals surface area contributed by atoms with Crippen molar-refractivity contribution >= 4 is 17.5 Å². The third-order valence-corrected chi connectivity index (χ3v) is 5.45. The highest BCUT2D eigenvalue weighted by Gasteiger charge is 2.33. The molecule has 3 aromatic rings. The lowest BCUT2D eigenvalue weighted by molar-refractivity contribution is -0.137. The van der Waals surface area contributed by atoms with Crippen LogP contribution in [0.4, 0.5) is 13.2 Å². The second kappa shape index (κ2) is 8.34. The first-order chi connectivity index (χ1) is 15.1. The van der Waals surface area contributed by atoms with Gasteiger partial charge in [0.15, 0.2) is 0 Å². The number of benzene rings is 1. The van der Waals surface area contributed by atoms with Gasteiger partial charge >= 0.3 is 6.18 Å². The number of halogens is 4. The molecule has 0 unspecified atom stereocenters. The number of aromatic nitrogens is 3. The van der Waals surface area contributed by atoms with E-state index in [1.807, 2.05) is 6.92 Å². The Balaban J connectivity index is 1.45. The van der Waals surface area contributed by atoms with Crippen LogP contribution in [0.15, 0.2) is 47.7 Å². The number of hydrogen-bond acceptors (Lipinski definition) is 4. The van der Waals surface area contributed by atoms with Gasteiger partial charge in [-0.1, -0.05) is 11.6 Å². The summed E-state index contributed by atoms with van der Waals surface area (Å²) in [5.41, 5.74) is 0.111. The number of ether oxygens (including phenoxy) is 1. The second-order valence-electron chi connectivity index (χ2n) is 7.26. The van der Waals surface area contributed by atoms with Gasteiger partial charge in [-0.15, -0.1) is 0 Å². The highest BCUT2D eigenvalue weighted by Crippen LogP contribution is 2.36. The molecule has 0 N–H and O–H groups in total. The van der Waals surface area contributed by atoms with E-state index in [0.717, 1.165) is 17.8 Å². The molecule has 1 aliphatic heterocycles. The number of alkyl halides is 3. The molecule has 0 atom stereocenters. The van der Waals surface area contributed by atoms with E-state index in [4.69, 9.17) is 16.3 Å². The van der Waals surface area contributed by atoms with E-state index in [1.54, 1.807) is 22.9 Å². The van der Waals surface area contributed by atoms with Crippen molar-refractivity contribution in [1.29, 1.82) is 0 Å². The van der Waals surface area contributed by atoms with Gasteiger partial charge in [0.05, 0.1) is 29.2 Å². The summed E-state index contributed by atoms with van der Waals surface area (Å²) in [4.78, 5) is 31.3. The number of carbonyl (C=O) groups excluding carboxylic acids is 1. The van der Waals surface area contributed by atoms with Crippen molar-refractivity contribution in [2.45, 2.75) is 19.6 Å². The van der Waals surface area contributed by atoms with Gasteiger partial charge in [-0.2, -0.15) is 13.2 Å². The number of hydrogen-bond donors (Lipinski definition) is 0. The van der Waals surface area contributed by atoms with E-state index in [1.165, 1.54) is 21.9 Å². The van der Waals surface area contributed by atoms with Crippen molar-refractivity contribution in [3.05, 3.63) is 75.2 Å². The van der Waals surface area contributed by atoms with E-state index in [2.05, 4.69) is 4.98 Å². The Morgan fingerprint density at radius 1 is 1.16 bits per heavy atom. The highest BCUT2D eigenvalue weighted by molar-refractivity contribution is 6.31. The van der Waals surface area contributed by atoms with Crippen LogP contribution >= 0.6 is 11.6 Å². The molecule has 4 rings (SSSR count). The first kappa shape index (κ1) is 21.9. The van der Waals surface area contributed by atoms with Crippen LogP contribution in [-0.2, 0) is 12.7 Å². The van der Waals surface area contributed by atoms with Crippen molar-refractivity contribution in [2.24, 2.45) is 0 Å². The molecule has 0 saturated heterocycles. The molecular formula is C21H18ClF3N4O3. The number of aryl methyl sites for hydroxylation is 1. The lowest BCUT2D eigenvalue weighted by atomic mass is 10.2. The minimum absolute atomic E-state index is 0.00284. The Morgan fingerprint density at radius 2 is 1.94 bits per heavy atom. The van der Waals surface area contributed by atoms with Crippen molar-refractivity contribution in [2.75, 3.05) is 19.7 Å². The summed E-state index contributed by atoms with van der Waals surface area (Å²) in [6.45, 7) is 2.52. The topological polar surface area (TPSA) is 69.4 Å². The minimum Gasteiger partial charge on any atom is -0.492 e. The molecule has 1 amide bonds. The molecule has 3 heterocycles. The largest absolute Gasteiger partial charge is 0.492 e. The van der Waals surface area contributed by atoms with Gasteiger partial charge in [0.25, 0.3) is 11.5 Å². The molecule has 0 fully saturated rings. The summed E-state index contributed by atoms with van der Waals surface area (Å²) in [6.07, 6.45) is -1.34. The molecule has 0 radical (unpaired) electrons. The van der Waals surface area contributed by atoms with E-state index in [-0.39, 0.29) is 42.6 Å². The zero-order valence-electron chi connectivity index (χ0n) is 16.9.